The largest absolute Gasteiger partial charge is 0.517 e. The zero-order valence-corrected chi connectivity index (χ0v) is 11.9. The normalized spacial score (nSPS) is 12.8. The van der Waals surface area contributed by atoms with Crippen molar-refractivity contribution in [3.05, 3.63) is 0 Å². The van der Waals surface area contributed by atoms with Gasteiger partial charge < -0.3 is 8.85 Å². The van der Waals surface area contributed by atoms with Crippen molar-refractivity contribution in [1.29, 1.82) is 0 Å². The van der Waals surface area contributed by atoms with E-state index in [1.54, 1.807) is 7.11 Å². The van der Waals surface area contributed by atoms with E-state index < -0.39 is 8.88 Å². The summed E-state index contributed by atoms with van der Waals surface area (Å²) in [6.07, 6.45) is 0.998. The third-order valence-corrected chi connectivity index (χ3v) is 4.85. The van der Waals surface area contributed by atoms with Gasteiger partial charge in [-0.15, -0.1) is 0 Å². The van der Waals surface area contributed by atoms with Gasteiger partial charge in [0.15, 0.2) is 0 Å². The molecule has 0 radical (unpaired) electrons. The molecule has 0 rings (SSSR count). The van der Waals surface area contributed by atoms with Crippen LogP contribution >= 0.6 is 0 Å². The molecule has 0 aliphatic heterocycles. The average Bonchev–Trinajstić information content (AvgIpc) is 2.12. The van der Waals surface area contributed by atoms with Gasteiger partial charge in [-0.1, -0.05) is 34.6 Å². The van der Waals surface area contributed by atoms with E-state index >= 15 is 0 Å². The predicted molar refractivity (Wildman–Crippen MR) is 65.5 cm³/mol. The van der Waals surface area contributed by atoms with Crippen molar-refractivity contribution < 1.29 is 8.85 Å². The van der Waals surface area contributed by atoms with Crippen LogP contribution in [0.5, 0.6) is 0 Å². The fraction of sp³-hybridized carbons (Fsp3) is 1.00. The Morgan fingerprint density at radius 2 is 1.53 bits per heavy atom. The highest BCUT2D eigenvalue weighted by atomic mass is 28.4. The molecule has 0 spiro atoms. The van der Waals surface area contributed by atoms with Gasteiger partial charge in [0.1, 0.15) is 0 Å². The summed E-state index contributed by atoms with van der Waals surface area (Å²) in [4.78, 5) is 6.78. The number of rotatable bonds is 8. The molecule has 0 bridgehead atoms. The molecule has 0 heterocycles. The lowest BCUT2D eigenvalue weighted by molar-refractivity contribution is 0.167. The molecule has 92 valence electrons. The molecular formula is C10H26N2O2Si. The summed E-state index contributed by atoms with van der Waals surface area (Å²) in [7, 11) is -0.716. The van der Waals surface area contributed by atoms with Gasteiger partial charge in [0.25, 0.3) is 0 Å². The van der Waals surface area contributed by atoms with Gasteiger partial charge in [0, 0.05) is 25.8 Å². The van der Waals surface area contributed by atoms with Gasteiger partial charge >= 0.3 is 8.88 Å². The summed E-state index contributed by atoms with van der Waals surface area (Å²) < 4.78 is 11.4. The van der Waals surface area contributed by atoms with E-state index in [1.165, 1.54) is 0 Å². The van der Waals surface area contributed by atoms with E-state index in [1.807, 2.05) is 0 Å². The van der Waals surface area contributed by atoms with E-state index in [0.29, 0.717) is 12.1 Å². The van der Waals surface area contributed by atoms with Crippen LogP contribution in [-0.4, -0.2) is 34.7 Å². The lowest BCUT2D eigenvalue weighted by atomic mass is 10.4. The molecule has 0 aliphatic rings. The third kappa shape index (κ3) is 6.27. The number of hydrogen-bond acceptors (Lipinski definition) is 4. The number of hydrogen-bond donors (Lipinski definition) is 2. The van der Waals surface area contributed by atoms with Crippen LogP contribution < -0.4 is 9.96 Å². The van der Waals surface area contributed by atoms with E-state index in [0.717, 1.165) is 13.0 Å². The zero-order valence-electron chi connectivity index (χ0n) is 10.9. The van der Waals surface area contributed by atoms with Crippen LogP contribution in [0.4, 0.5) is 0 Å². The van der Waals surface area contributed by atoms with Crippen LogP contribution in [-0.2, 0) is 8.85 Å². The monoisotopic (exact) mass is 234 g/mol. The van der Waals surface area contributed by atoms with Crippen LogP contribution in [0.1, 0.15) is 41.0 Å². The fourth-order valence-electron chi connectivity index (χ4n) is 1.31. The molecule has 0 aromatic heterocycles. The second kappa shape index (κ2) is 7.35. The molecule has 0 amide bonds. The SMILES string of the molecule is CCCO[Si](NC(C)C)(NC(C)C)OC. The quantitative estimate of drug-likeness (QED) is 0.625. The average molecular weight is 234 g/mol. The molecule has 0 aromatic rings. The molecule has 15 heavy (non-hydrogen) atoms. The lowest BCUT2D eigenvalue weighted by Crippen LogP contribution is -2.69. The standard InChI is InChI=1S/C10H26N2O2Si/c1-7-8-14-15(13-6,11-9(2)3)12-10(4)5/h9-12H,7-8H2,1-6H3. The van der Waals surface area contributed by atoms with Crippen LogP contribution in [0.3, 0.4) is 0 Å². The van der Waals surface area contributed by atoms with Crippen molar-refractivity contribution in [2.75, 3.05) is 13.7 Å². The molecule has 0 saturated heterocycles. The molecule has 0 aromatic carbocycles. The molecule has 2 N–H and O–H groups in total. The first kappa shape index (κ1) is 15.1. The summed E-state index contributed by atoms with van der Waals surface area (Å²) in [6, 6.07) is 0.694. The molecule has 5 heteroatoms. The first-order chi connectivity index (χ1) is 6.95. The van der Waals surface area contributed by atoms with Gasteiger partial charge in [0.2, 0.25) is 0 Å². The van der Waals surface area contributed by atoms with Crippen molar-refractivity contribution in [3.63, 3.8) is 0 Å². The maximum Gasteiger partial charge on any atom is 0.517 e. The van der Waals surface area contributed by atoms with Gasteiger partial charge in [-0.25, -0.2) is 0 Å². The Balaban J connectivity index is 4.44. The second-order valence-electron chi connectivity index (χ2n) is 4.27. The summed E-state index contributed by atoms with van der Waals surface area (Å²) in [5, 5.41) is 0. The van der Waals surface area contributed by atoms with Crippen LogP contribution in [0.25, 0.3) is 0 Å². The van der Waals surface area contributed by atoms with E-state index in [9.17, 15) is 0 Å². The molecule has 0 fully saturated rings. The maximum absolute atomic E-state index is 5.84. The highest BCUT2D eigenvalue weighted by Crippen LogP contribution is 2.03. The second-order valence-corrected chi connectivity index (χ2v) is 6.77. The van der Waals surface area contributed by atoms with Gasteiger partial charge in [-0.2, -0.15) is 0 Å². The van der Waals surface area contributed by atoms with Crippen LogP contribution in [0, 0.1) is 0 Å². The minimum absolute atomic E-state index is 0.347. The molecule has 0 atom stereocenters. The Morgan fingerprint density at radius 1 is 1.07 bits per heavy atom. The summed E-state index contributed by atoms with van der Waals surface area (Å²) in [6.45, 7) is 11.2. The summed E-state index contributed by atoms with van der Waals surface area (Å²) in [5.74, 6) is 0. The highest BCUT2D eigenvalue weighted by molar-refractivity contribution is 6.62. The maximum atomic E-state index is 5.84. The predicted octanol–water partition coefficient (Wildman–Crippen LogP) is 1.49. The van der Waals surface area contributed by atoms with Crippen molar-refractivity contribution in [2.45, 2.75) is 53.1 Å². The van der Waals surface area contributed by atoms with Crippen molar-refractivity contribution >= 4 is 8.88 Å². The Kier molecular flexibility index (Phi) is 7.38. The van der Waals surface area contributed by atoms with E-state index in [4.69, 9.17) is 8.85 Å². The smallest absolute Gasteiger partial charge is 0.374 e. The first-order valence-electron chi connectivity index (χ1n) is 5.70. The number of nitrogens with one attached hydrogen (secondary N) is 2. The van der Waals surface area contributed by atoms with Gasteiger partial charge in [0.05, 0.1) is 0 Å². The minimum atomic E-state index is -2.42. The van der Waals surface area contributed by atoms with Gasteiger partial charge in [-0.3, -0.25) is 9.96 Å². The molecule has 0 unspecified atom stereocenters. The Bertz CT molecular complexity index is 156. The summed E-state index contributed by atoms with van der Waals surface area (Å²) in [5.41, 5.74) is 0. The molecule has 0 saturated carbocycles. The lowest BCUT2D eigenvalue weighted by Gasteiger charge is -2.32. The van der Waals surface area contributed by atoms with Crippen molar-refractivity contribution in [2.24, 2.45) is 0 Å². The third-order valence-electron chi connectivity index (χ3n) is 1.75. The molecular weight excluding hydrogens is 208 g/mol. The van der Waals surface area contributed by atoms with E-state index in [2.05, 4.69) is 44.6 Å². The molecule has 0 aliphatic carbocycles. The minimum Gasteiger partial charge on any atom is -0.374 e. The topological polar surface area (TPSA) is 42.5 Å². The summed E-state index contributed by atoms with van der Waals surface area (Å²) >= 11 is 0. The van der Waals surface area contributed by atoms with Crippen LogP contribution in [0.15, 0.2) is 0 Å². The Morgan fingerprint density at radius 3 is 1.80 bits per heavy atom. The van der Waals surface area contributed by atoms with Crippen molar-refractivity contribution in [3.8, 4) is 0 Å². The fourth-order valence-corrected chi connectivity index (χ4v) is 3.92. The molecule has 4 nitrogen and oxygen atoms in total. The Labute approximate surface area is 95.1 Å². The van der Waals surface area contributed by atoms with Crippen LogP contribution in [0.2, 0.25) is 0 Å². The highest BCUT2D eigenvalue weighted by Gasteiger charge is 2.39. The zero-order chi connectivity index (χ0) is 11.9. The Hall–Kier alpha value is 0.0569. The van der Waals surface area contributed by atoms with E-state index in [-0.39, 0.29) is 0 Å². The first-order valence-corrected chi connectivity index (χ1v) is 7.52. The van der Waals surface area contributed by atoms with Gasteiger partial charge in [-0.05, 0) is 6.42 Å². The van der Waals surface area contributed by atoms with Crippen molar-refractivity contribution in [1.82, 2.24) is 9.96 Å².